The van der Waals surface area contributed by atoms with E-state index in [9.17, 15) is 0 Å². The number of anilines is 4. The van der Waals surface area contributed by atoms with Gasteiger partial charge in [0.1, 0.15) is 5.82 Å². The Bertz CT molecular complexity index is 921. The quantitative estimate of drug-likeness (QED) is 0.677. The summed E-state index contributed by atoms with van der Waals surface area (Å²) in [5.41, 5.74) is 1.95. The Balaban J connectivity index is 1.81. The molecule has 0 atom stereocenters. The molecule has 2 aromatic carbocycles. The highest BCUT2D eigenvalue weighted by Crippen LogP contribution is 2.27. The van der Waals surface area contributed by atoms with Crippen molar-refractivity contribution in [1.82, 2.24) is 9.97 Å². The number of hydrogen-bond acceptors (Lipinski definition) is 5. The van der Waals surface area contributed by atoms with E-state index in [-0.39, 0.29) is 0 Å². The van der Waals surface area contributed by atoms with E-state index in [0.29, 0.717) is 33.1 Å². The summed E-state index contributed by atoms with van der Waals surface area (Å²) in [4.78, 5) is 8.54. The van der Waals surface area contributed by atoms with Crippen LogP contribution in [0.4, 0.5) is 23.1 Å². The predicted octanol–water partition coefficient (Wildman–Crippen LogP) is 5.14. The van der Waals surface area contributed by atoms with Crippen LogP contribution < -0.4 is 10.6 Å². The minimum Gasteiger partial charge on any atom is -0.340 e. The van der Waals surface area contributed by atoms with E-state index < -0.39 is 0 Å². The highest BCUT2D eigenvalue weighted by atomic mass is 35.5. The second kappa shape index (κ2) is 7.18. The normalized spacial score (nSPS) is 10.0. The Morgan fingerprint density at radius 2 is 1.88 bits per heavy atom. The van der Waals surface area contributed by atoms with E-state index in [1.54, 1.807) is 48.7 Å². The molecule has 0 amide bonds. The minimum absolute atomic E-state index is 0.376. The lowest BCUT2D eigenvalue weighted by Crippen LogP contribution is -2.00. The topological polar surface area (TPSA) is 73.6 Å². The predicted molar refractivity (Wildman–Crippen MR) is 96.2 cm³/mol. The van der Waals surface area contributed by atoms with Gasteiger partial charge in [-0.15, -0.1) is 0 Å². The van der Waals surface area contributed by atoms with Crippen LogP contribution in [0.3, 0.4) is 0 Å². The fraction of sp³-hybridized carbons (Fsp3) is 0. The van der Waals surface area contributed by atoms with Crippen molar-refractivity contribution in [2.24, 2.45) is 0 Å². The first kappa shape index (κ1) is 16.1. The van der Waals surface area contributed by atoms with Gasteiger partial charge in [0.2, 0.25) is 5.95 Å². The lowest BCUT2D eigenvalue weighted by Gasteiger charge is -2.10. The molecule has 0 spiro atoms. The summed E-state index contributed by atoms with van der Waals surface area (Å²) in [6.07, 6.45) is 1.62. The molecule has 7 heteroatoms. The Morgan fingerprint density at radius 1 is 1.00 bits per heavy atom. The molecule has 2 N–H and O–H groups in total. The van der Waals surface area contributed by atoms with Crippen LogP contribution in [-0.2, 0) is 0 Å². The molecule has 0 fully saturated rings. The van der Waals surface area contributed by atoms with Crippen LogP contribution in [0.1, 0.15) is 5.56 Å². The molecule has 0 saturated heterocycles. The van der Waals surface area contributed by atoms with Crippen molar-refractivity contribution in [2.45, 2.75) is 0 Å². The molecule has 3 aromatic rings. The largest absolute Gasteiger partial charge is 0.340 e. The summed E-state index contributed by atoms with van der Waals surface area (Å²) in [6.45, 7) is 0. The first-order valence-electron chi connectivity index (χ1n) is 6.96. The van der Waals surface area contributed by atoms with Crippen molar-refractivity contribution in [3.8, 4) is 6.07 Å². The maximum Gasteiger partial charge on any atom is 0.229 e. The standard InChI is InChI=1S/C17H11Cl2N5/c18-12-4-5-14(19)15(9-12)23-17-21-7-6-16(24-17)22-13-3-1-2-11(8-13)10-20/h1-9H,(H2,21,22,23,24). The third-order valence-electron chi connectivity index (χ3n) is 3.09. The lowest BCUT2D eigenvalue weighted by atomic mass is 10.2. The van der Waals surface area contributed by atoms with Crippen molar-refractivity contribution in [1.29, 1.82) is 5.26 Å². The number of nitriles is 1. The van der Waals surface area contributed by atoms with E-state index in [0.717, 1.165) is 5.69 Å². The molecule has 0 aliphatic heterocycles. The zero-order chi connectivity index (χ0) is 16.9. The molecule has 0 aliphatic carbocycles. The zero-order valence-electron chi connectivity index (χ0n) is 12.3. The molecule has 0 saturated carbocycles. The van der Waals surface area contributed by atoms with Crippen molar-refractivity contribution in [3.05, 3.63) is 70.3 Å². The van der Waals surface area contributed by atoms with Gasteiger partial charge in [0.05, 0.1) is 22.3 Å². The van der Waals surface area contributed by atoms with Gasteiger partial charge in [-0.25, -0.2) is 4.98 Å². The Morgan fingerprint density at radius 3 is 2.71 bits per heavy atom. The van der Waals surface area contributed by atoms with E-state index in [4.69, 9.17) is 28.5 Å². The van der Waals surface area contributed by atoms with Crippen LogP contribution in [0, 0.1) is 11.3 Å². The highest BCUT2D eigenvalue weighted by molar-refractivity contribution is 6.35. The SMILES string of the molecule is N#Cc1cccc(Nc2ccnc(Nc3cc(Cl)ccc3Cl)n2)c1. The fourth-order valence-electron chi connectivity index (χ4n) is 2.02. The Labute approximate surface area is 148 Å². The van der Waals surface area contributed by atoms with Gasteiger partial charge in [-0.05, 0) is 42.5 Å². The number of rotatable bonds is 4. The summed E-state index contributed by atoms with van der Waals surface area (Å²) < 4.78 is 0. The maximum atomic E-state index is 8.95. The zero-order valence-corrected chi connectivity index (χ0v) is 13.8. The number of nitrogens with zero attached hydrogens (tertiary/aromatic N) is 3. The third-order valence-corrected chi connectivity index (χ3v) is 3.66. The summed E-state index contributed by atoms with van der Waals surface area (Å²) in [6, 6.07) is 16.0. The average Bonchev–Trinajstić information content (AvgIpc) is 2.59. The first-order chi connectivity index (χ1) is 11.6. The molecule has 0 bridgehead atoms. The number of halogens is 2. The fourth-order valence-corrected chi connectivity index (χ4v) is 2.35. The highest BCUT2D eigenvalue weighted by Gasteiger charge is 2.05. The Hall–Kier alpha value is -2.81. The first-order valence-corrected chi connectivity index (χ1v) is 7.72. The van der Waals surface area contributed by atoms with Gasteiger partial charge in [0.25, 0.3) is 0 Å². The van der Waals surface area contributed by atoms with E-state index in [2.05, 4.69) is 26.7 Å². The molecular formula is C17H11Cl2N5. The lowest BCUT2D eigenvalue weighted by molar-refractivity contribution is 1.17. The molecule has 1 heterocycles. The van der Waals surface area contributed by atoms with Crippen LogP contribution >= 0.6 is 23.2 Å². The van der Waals surface area contributed by atoms with Crippen LogP contribution in [-0.4, -0.2) is 9.97 Å². The maximum absolute atomic E-state index is 8.95. The van der Waals surface area contributed by atoms with E-state index in [1.165, 1.54) is 0 Å². The Kier molecular flexibility index (Phi) is 4.80. The van der Waals surface area contributed by atoms with Crippen LogP contribution in [0.25, 0.3) is 0 Å². The minimum atomic E-state index is 0.376. The molecule has 3 rings (SSSR count). The molecule has 0 radical (unpaired) electrons. The van der Waals surface area contributed by atoms with Crippen molar-refractivity contribution < 1.29 is 0 Å². The van der Waals surface area contributed by atoms with Crippen LogP contribution in [0.5, 0.6) is 0 Å². The monoisotopic (exact) mass is 355 g/mol. The summed E-state index contributed by atoms with van der Waals surface area (Å²) in [5, 5.41) is 16.2. The molecule has 5 nitrogen and oxygen atoms in total. The van der Waals surface area contributed by atoms with Crippen molar-refractivity contribution in [3.63, 3.8) is 0 Å². The molecule has 118 valence electrons. The van der Waals surface area contributed by atoms with E-state index in [1.807, 2.05) is 6.07 Å². The molecule has 0 aliphatic rings. The van der Waals surface area contributed by atoms with Gasteiger partial charge in [-0.2, -0.15) is 10.2 Å². The number of hydrogen-bond donors (Lipinski definition) is 2. The van der Waals surface area contributed by atoms with E-state index >= 15 is 0 Å². The number of benzene rings is 2. The van der Waals surface area contributed by atoms with Crippen LogP contribution in [0.15, 0.2) is 54.7 Å². The van der Waals surface area contributed by atoms with Gasteiger partial charge in [0, 0.05) is 16.9 Å². The second-order valence-corrected chi connectivity index (χ2v) is 5.68. The molecule has 0 unspecified atom stereocenters. The van der Waals surface area contributed by atoms with Crippen molar-refractivity contribution in [2.75, 3.05) is 10.6 Å². The van der Waals surface area contributed by atoms with Crippen LogP contribution in [0.2, 0.25) is 10.0 Å². The third kappa shape index (κ3) is 3.93. The number of nitrogens with one attached hydrogen (secondary N) is 2. The molecule has 24 heavy (non-hydrogen) atoms. The molecule has 1 aromatic heterocycles. The summed E-state index contributed by atoms with van der Waals surface area (Å²) >= 11 is 12.1. The summed E-state index contributed by atoms with van der Waals surface area (Å²) in [5.74, 6) is 0.960. The average molecular weight is 356 g/mol. The van der Waals surface area contributed by atoms with Gasteiger partial charge in [0.15, 0.2) is 0 Å². The number of aromatic nitrogens is 2. The van der Waals surface area contributed by atoms with Gasteiger partial charge in [-0.1, -0.05) is 29.3 Å². The van der Waals surface area contributed by atoms with Gasteiger partial charge < -0.3 is 10.6 Å². The molecular weight excluding hydrogens is 345 g/mol. The van der Waals surface area contributed by atoms with Crippen molar-refractivity contribution >= 4 is 46.3 Å². The van der Waals surface area contributed by atoms with Gasteiger partial charge >= 0.3 is 0 Å². The second-order valence-electron chi connectivity index (χ2n) is 4.83. The summed E-state index contributed by atoms with van der Waals surface area (Å²) in [7, 11) is 0. The smallest absolute Gasteiger partial charge is 0.229 e. The van der Waals surface area contributed by atoms with Gasteiger partial charge in [-0.3, -0.25) is 0 Å².